The average Bonchev–Trinajstić information content (AvgIpc) is 3.03. The molecule has 1 fully saturated rings. The second-order valence-electron chi connectivity index (χ2n) is 6.82. The predicted octanol–water partition coefficient (Wildman–Crippen LogP) is 3.58. The third-order valence-electron chi connectivity index (χ3n) is 4.85. The van der Waals surface area contributed by atoms with Crippen molar-refractivity contribution in [1.29, 1.82) is 0 Å². The van der Waals surface area contributed by atoms with Crippen LogP contribution in [0, 0.1) is 19.8 Å². The van der Waals surface area contributed by atoms with Gasteiger partial charge in [0.25, 0.3) is 0 Å². The standard InChI is InChI=1S/C19H25N3O3/c1-12-4-5-16(10-17(12)18-20-13(2)11-25-18)21-19(24)22-8-6-15(7-9-22)14(3)23/h4-5,10-11,14-15,23H,6-9H2,1-3H3,(H,21,24). The summed E-state index contributed by atoms with van der Waals surface area (Å²) in [4.78, 5) is 18.7. The Balaban J connectivity index is 1.68. The van der Waals surface area contributed by atoms with Gasteiger partial charge < -0.3 is 19.7 Å². The number of rotatable bonds is 3. The summed E-state index contributed by atoms with van der Waals surface area (Å²) in [5.74, 6) is 0.840. The lowest BCUT2D eigenvalue weighted by molar-refractivity contribution is 0.0820. The van der Waals surface area contributed by atoms with Crippen LogP contribution in [0.1, 0.15) is 31.0 Å². The molecular formula is C19H25N3O3. The molecule has 0 aliphatic carbocycles. The number of benzene rings is 1. The number of piperidine rings is 1. The number of anilines is 1. The molecule has 1 saturated heterocycles. The number of aliphatic hydroxyl groups excluding tert-OH is 1. The van der Waals surface area contributed by atoms with Crippen LogP contribution in [0.4, 0.5) is 10.5 Å². The summed E-state index contributed by atoms with van der Waals surface area (Å²) in [6.45, 7) is 7.02. The van der Waals surface area contributed by atoms with Crippen LogP contribution in [0.5, 0.6) is 0 Å². The molecule has 25 heavy (non-hydrogen) atoms. The van der Waals surface area contributed by atoms with E-state index in [0.29, 0.717) is 19.0 Å². The van der Waals surface area contributed by atoms with Crippen molar-refractivity contribution in [2.24, 2.45) is 5.92 Å². The summed E-state index contributed by atoms with van der Waals surface area (Å²) >= 11 is 0. The van der Waals surface area contributed by atoms with E-state index in [1.807, 2.05) is 39.0 Å². The quantitative estimate of drug-likeness (QED) is 0.893. The predicted molar refractivity (Wildman–Crippen MR) is 96.4 cm³/mol. The molecule has 0 spiro atoms. The molecule has 2 heterocycles. The second kappa shape index (κ2) is 7.27. The van der Waals surface area contributed by atoms with E-state index in [-0.39, 0.29) is 18.1 Å². The van der Waals surface area contributed by atoms with Gasteiger partial charge >= 0.3 is 6.03 Å². The van der Waals surface area contributed by atoms with Crippen molar-refractivity contribution in [1.82, 2.24) is 9.88 Å². The summed E-state index contributed by atoms with van der Waals surface area (Å²) in [7, 11) is 0. The number of nitrogens with one attached hydrogen (secondary N) is 1. The van der Waals surface area contributed by atoms with Crippen molar-refractivity contribution in [3.8, 4) is 11.5 Å². The number of likely N-dealkylation sites (tertiary alicyclic amines) is 1. The smallest absolute Gasteiger partial charge is 0.321 e. The third-order valence-corrected chi connectivity index (χ3v) is 4.85. The number of hydrogen-bond acceptors (Lipinski definition) is 4. The number of urea groups is 1. The van der Waals surface area contributed by atoms with E-state index in [1.165, 1.54) is 0 Å². The first kappa shape index (κ1) is 17.5. The molecule has 1 aromatic carbocycles. The Hall–Kier alpha value is -2.34. The van der Waals surface area contributed by atoms with Crippen molar-refractivity contribution >= 4 is 11.7 Å². The first-order chi connectivity index (χ1) is 11.9. The number of aromatic nitrogens is 1. The van der Waals surface area contributed by atoms with Crippen LogP contribution in [-0.2, 0) is 0 Å². The van der Waals surface area contributed by atoms with Crippen molar-refractivity contribution in [2.75, 3.05) is 18.4 Å². The molecule has 0 radical (unpaired) electrons. The van der Waals surface area contributed by atoms with Crippen LogP contribution in [0.15, 0.2) is 28.9 Å². The maximum atomic E-state index is 12.5. The van der Waals surface area contributed by atoms with Crippen molar-refractivity contribution < 1.29 is 14.3 Å². The Morgan fingerprint density at radius 3 is 2.68 bits per heavy atom. The van der Waals surface area contributed by atoms with Crippen molar-refractivity contribution in [2.45, 2.75) is 39.7 Å². The SMILES string of the molecule is Cc1coc(-c2cc(NC(=O)N3CCC(C(C)O)CC3)ccc2C)n1. The highest BCUT2D eigenvalue weighted by Gasteiger charge is 2.25. The molecule has 134 valence electrons. The summed E-state index contributed by atoms with van der Waals surface area (Å²) in [5.41, 5.74) is 3.46. The minimum Gasteiger partial charge on any atom is -0.444 e. The molecular weight excluding hydrogens is 318 g/mol. The number of amides is 2. The first-order valence-electron chi connectivity index (χ1n) is 8.71. The summed E-state index contributed by atoms with van der Waals surface area (Å²) < 4.78 is 5.48. The number of hydrogen-bond donors (Lipinski definition) is 2. The molecule has 6 nitrogen and oxygen atoms in total. The molecule has 3 rings (SSSR count). The highest BCUT2D eigenvalue weighted by atomic mass is 16.3. The van der Waals surface area contributed by atoms with E-state index in [2.05, 4.69) is 10.3 Å². The van der Waals surface area contributed by atoms with Gasteiger partial charge in [-0.3, -0.25) is 0 Å². The number of aliphatic hydroxyl groups is 1. The topological polar surface area (TPSA) is 78.6 Å². The fourth-order valence-corrected chi connectivity index (χ4v) is 3.20. The molecule has 0 bridgehead atoms. The number of carbonyl (C=O) groups excluding carboxylic acids is 1. The molecule has 6 heteroatoms. The van der Waals surface area contributed by atoms with E-state index in [0.717, 1.165) is 35.3 Å². The highest BCUT2D eigenvalue weighted by molar-refractivity contribution is 5.90. The van der Waals surface area contributed by atoms with E-state index in [9.17, 15) is 9.90 Å². The fourth-order valence-electron chi connectivity index (χ4n) is 3.20. The van der Waals surface area contributed by atoms with Crippen LogP contribution in [0.25, 0.3) is 11.5 Å². The van der Waals surface area contributed by atoms with Crippen LogP contribution in [0.3, 0.4) is 0 Å². The Labute approximate surface area is 147 Å². The normalized spacial score (nSPS) is 16.7. The van der Waals surface area contributed by atoms with Crippen LogP contribution in [-0.4, -0.2) is 40.2 Å². The minimum atomic E-state index is -0.311. The van der Waals surface area contributed by atoms with Gasteiger partial charge in [-0.25, -0.2) is 9.78 Å². The Kier molecular flexibility index (Phi) is 5.08. The van der Waals surface area contributed by atoms with E-state index >= 15 is 0 Å². The van der Waals surface area contributed by atoms with E-state index in [1.54, 1.807) is 11.2 Å². The molecule has 1 unspecified atom stereocenters. The number of aryl methyl sites for hydroxylation is 2. The van der Waals surface area contributed by atoms with Crippen molar-refractivity contribution in [3.05, 3.63) is 35.7 Å². The van der Waals surface area contributed by atoms with Gasteiger partial charge in [0.15, 0.2) is 0 Å². The highest BCUT2D eigenvalue weighted by Crippen LogP contribution is 2.27. The largest absolute Gasteiger partial charge is 0.444 e. The molecule has 1 aliphatic rings. The lowest BCUT2D eigenvalue weighted by Crippen LogP contribution is -2.42. The monoisotopic (exact) mass is 343 g/mol. The molecule has 2 amide bonds. The van der Waals surface area contributed by atoms with Gasteiger partial charge in [0.1, 0.15) is 6.26 Å². The van der Waals surface area contributed by atoms with Gasteiger partial charge in [0, 0.05) is 24.3 Å². The molecule has 1 atom stereocenters. The van der Waals surface area contributed by atoms with Gasteiger partial charge in [0.2, 0.25) is 5.89 Å². The van der Waals surface area contributed by atoms with Crippen LogP contribution in [0.2, 0.25) is 0 Å². The van der Waals surface area contributed by atoms with E-state index < -0.39 is 0 Å². The number of nitrogens with zero attached hydrogens (tertiary/aromatic N) is 2. The molecule has 1 aliphatic heterocycles. The average molecular weight is 343 g/mol. The molecule has 0 saturated carbocycles. The maximum Gasteiger partial charge on any atom is 0.321 e. The Bertz CT molecular complexity index is 746. The number of oxazole rings is 1. The first-order valence-corrected chi connectivity index (χ1v) is 8.71. The molecule has 1 aromatic heterocycles. The Morgan fingerprint density at radius 2 is 2.08 bits per heavy atom. The maximum absolute atomic E-state index is 12.5. The zero-order valence-corrected chi connectivity index (χ0v) is 15.0. The van der Waals surface area contributed by atoms with Crippen LogP contribution < -0.4 is 5.32 Å². The summed E-state index contributed by atoms with van der Waals surface area (Å²) in [6.07, 6.45) is 2.97. The second-order valence-corrected chi connectivity index (χ2v) is 6.82. The van der Waals surface area contributed by atoms with Gasteiger partial charge in [-0.15, -0.1) is 0 Å². The van der Waals surface area contributed by atoms with Gasteiger partial charge in [-0.05, 0) is 57.2 Å². The molecule has 2 aromatic rings. The van der Waals surface area contributed by atoms with Gasteiger partial charge in [-0.2, -0.15) is 0 Å². The Morgan fingerprint density at radius 1 is 1.36 bits per heavy atom. The van der Waals surface area contributed by atoms with E-state index in [4.69, 9.17) is 4.42 Å². The lowest BCUT2D eigenvalue weighted by Gasteiger charge is -2.33. The number of carbonyl (C=O) groups is 1. The van der Waals surface area contributed by atoms with Crippen molar-refractivity contribution in [3.63, 3.8) is 0 Å². The summed E-state index contributed by atoms with van der Waals surface area (Å²) in [6, 6.07) is 5.61. The zero-order valence-electron chi connectivity index (χ0n) is 15.0. The lowest BCUT2D eigenvalue weighted by atomic mass is 9.92. The zero-order chi connectivity index (χ0) is 18.0. The fraction of sp³-hybridized carbons (Fsp3) is 0.474. The van der Waals surface area contributed by atoms with Gasteiger partial charge in [-0.1, -0.05) is 6.07 Å². The minimum absolute atomic E-state index is 0.109. The molecule has 2 N–H and O–H groups in total. The summed E-state index contributed by atoms with van der Waals surface area (Å²) in [5, 5.41) is 12.6. The third kappa shape index (κ3) is 4.02. The van der Waals surface area contributed by atoms with Gasteiger partial charge in [0.05, 0.1) is 11.8 Å². The van der Waals surface area contributed by atoms with Crippen LogP contribution >= 0.6 is 0 Å².